The van der Waals surface area contributed by atoms with Crippen molar-refractivity contribution in [2.45, 2.75) is 17.1 Å². The van der Waals surface area contributed by atoms with E-state index in [-0.39, 0.29) is 5.82 Å². The second-order valence-electron chi connectivity index (χ2n) is 4.14. The maximum Gasteiger partial charge on any atom is 0.127 e. The van der Waals surface area contributed by atoms with Gasteiger partial charge in [-0.05, 0) is 36.7 Å². The highest BCUT2D eigenvalue weighted by Crippen LogP contribution is 2.30. The first-order valence-electron chi connectivity index (χ1n) is 6.06. The van der Waals surface area contributed by atoms with Crippen LogP contribution in [0.4, 0.5) is 4.39 Å². The van der Waals surface area contributed by atoms with E-state index >= 15 is 0 Å². The van der Waals surface area contributed by atoms with Gasteiger partial charge in [0.1, 0.15) is 5.82 Å². The molecular weight excluding hydrogens is 281 g/mol. The molecule has 2 aromatic carbocycles. The van der Waals surface area contributed by atoms with Gasteiger partial charge in [0, 0.05) is 21.2 Å². The standard InChI is InChI=1S/C15H15ClFNS/c16-13-5-2-1-4-11(13)10-19-15-7-3-6-14(17)12(15)8-9-18/h1-7H,8-10,18H2. The summed E-state index contributed by atoms with van der Waals surface area (Å²) >= 11 is 7.70. The fourth-order valence-corrected chi connectivity index (χ4v) is 3.23. The third-order valence-electron chi connectivity index (χ3n) is 2.81. The molecule has 100 valence electrons. The Morgan fingerprint density at radius 2 is 1.89 bits per heavy atom. The third-order valence-corrected chi connectivity index (χ3v) is 4.33. The second kappa shape index (κ2) is 6.94. The minimum Gasteiger partial charge on any atom is -0.330 e. The molecule has 0 aliphatic rings. The first-order chi connectivity index (χ1) is 9.22. The average Bonchev–Trinajstić information content (AvgIpc) is 2.41. The number of rotatable bonds is 5. The number of hydrogen-bond donors (Lipinski definition) is 1. The highest BCUT2D eigenvalue weighted by Gasteiger charge is 2.09. The van der Waals surface area contributed by atoms with Crippen molar-refractivity contribution < 1.29 is 4.39 Å². The predicted octanol–water partition coefficient (Wildman–Crippen LogP) is 4.27. The third kappa shape index (κ3) is 3.72. The summed E-state index contributed by atoms with van der Waals surface area (Å²) in [6.45, 7) is 0.445. The van der Waals surface area contributed by atoms with Gasteiger partial charge in [-0.2, -0.15) is 0 Å². The van der Waals surface area contributed by atoms with Crippen molar-refractivity contribution in [1.82, 2.24) is 0 Å². The van der Waals surface area contributed by atoms with Gasteiger partial charge in [-0.1, -0.05) is 35.9 Å². The summed E-state index contributed by atoms with van der Waals surface area (Å²) in [5, 5.41) is 0.742. The van der Waals surface area contributed by atoms with Crippen LogP contribution < -0.4 is 5.73 Å². The van der Waals surface area contributed by atoms with Crippen LogP contribution in [-0.4, -0.2) is 6.54 Å². The topological polar surface area (TPSA) is 26.0 Å². The molecular formula is C15H15ClFNS. The molecule has 0 amide bonds. The number of nitrogens with two attached hydrogens (primary N) is 1. The Labute approximate surface area is 122 Å². The van der Waals surface area contributed by atoms with E-state index in [2.05, 4.69) is 0 Å². The zero-order valence-corrected chi connectivity index (χ0v) is 12.0. The van der Waals surface area contributed by atoms with Crippen molar-refractivity contribution in [3.05, 3.63) is 64.4 Å². The SMILES string of the molecule is NCCc1c(F)cccc1SCc1ccccc1Cl. The molecule has 4 heteroatoms. The van der Waals surface area contributed by atoms with E-state index in [9.17, 15) is 4.39 Å². The van der Waals surface area contributed by atoms with E-state index < -0.39 is 0 Å². The molecule has 0 saturated heterocycles. The first-order valence-corrected chi connectivity index (χ1v) is 7.42. The van der Waals surface area contributed by atoms with E-state index in [1.54, 1.807) is 17.8 Å². The smallest absolute Gasteiger partial charge is 0.127 e. The summed E-state index contributed by atoms with van der Waals surface area (Å²) in [4.78, 5) is 0.936. The fraction of sp³-hybridized carbons (Fsp3) is 0.200. The Morgan fingerprint density at radius 3 is 2.63 bits per heavy atom. The van der Waals surface area contributed by atoms with Gasteiger partial charge in [-0.15, -0.1) is 11.8 Å². The van der Waals surface area contributed by atoms with Crippen LogP contribution in [0.3, 0.4) is 0 Å². The molecule has 0 saturated carbocycles. The Balaban J connectivity index is 2.16. The largest absolute Gasteiger partial charge is 0.330 e. The zero-order valence-electron chi connectivity index (χ0n) is 10.4. The van der Waals surface area contributed by atoms with Crippen molar-refractivity contribution in [2.75, 3.05) is 6.54 Å². The van der Waals surface area contributed by atoms with E-state index in [0.717, 1.165) is 21.2 Å². The van der Waals surface area contributed by atoms with Crippen LogP contribution in [0.5, 0.6) is 0 Å². The van der Waals surface area contributed by atoms with Crippen LogP contribution in [0.15, 0.2) is 47.4 Å². The molecule has 0 bridgehead atoms. The lowest BCUT2D eigenvalue weighted by molar-refractivity contribution is 0.603. The average molecular weight is 296 g/mol. The molecule has 0 radical (unpaired) electrons. The zero-order chi connectivity index (χ0) is 13.7. The molecule has 2 N–H and O–H groups in total. The number of hydrogen-bond acceptors (Lipinski definition) is 2. The summed E-state index contributed by atoms with van der Waals surface area (Å²) in [6, 6.07) is 12.8. The number of thioether (sulfide) groups is 1. The van der Waals surface area contributed by atoms with Gasteiger partial charge in [-0.3, -0.25) is 0 Å². The molecule has 0 atom stereocenters. The summed E-state index contributed by atoms with van der Waals surface area (Å²) < 4.78 is 13.7. The van der Waals surface area contributed by atoms with Gasteiger partial charge >= 0.3 is 0 Å². The summed E-state index contributed by atoms with van der Waals surface area (Å²) in [5.41, 5.74) is 7.28. The van der Waals surface area contributed by atoms with E-state index in [1.165, 1.54) is 6.07 Å². The Kier molecular flexibility index (Phi) is 5.25. The molecule has 0 heterocycles. The summed E-state index contributed by atoms with van der Waals surface area (Å²) in [6.07, 6.45) is 0.553. The lowest BCUT2D eigenvalue weighted by Gasteiger charge is -2.10. The van der Waals surface area contributed by atoms with Crippen LogP contribution in [0, 0.1) is 5.82 Å². The normalized spacial score (nSPS) is 10.7. The quantitative estimate of drug-likeness (QED) is 0.834. The molecule has 0 unspecified atom stereocenters. The van der Waals surface area contributed by atoms with Gasteiger partial charge < -0.3 is 5.73 Å². The lowest BCUT2D eigenvalue weighted by Crippen LogP contribution is -2.05. The van der Waals surface area contributed by atoms with Crippen LogP contribution in [0.1, 0.15) is 11.1 Å². The molecule has 1 nitrogen and oxygen atoms in total. The predicted molar refractivity (Wildman–Crippen MR) is 80.2 cm³/mol. The monoisotopic (exact) mass is 295 g/mol. The number of halogens is 2. The molecule has 0 spiro atoms. The minimum atomic E-state index is -0.186. The van der Waals surface area contributed by atoms with Crippen molar-refractivity contribution in [1.29, 1.82) is 0 Å². The highest BCUT2D eigenvalue weighted by molar-refractivity contribution is 7.98. The maximum atomic E-state index is 13.7. The van der Waals surface area contributed by atoms with Crippen LogP contribution in [0.2, 0.25) is 5.02 Å². The lowest BCUT2D eigenvalue weighted by atomic mass is 10.1. The molecule has 0 aliphatic carbocycles. The second-order valence-corrected chi connectivity index (χ2v) is 5.56. The Morgan fingerprint density at radius 1 is 1.11 bits per heavy atom. The van der Waals surface area contributed by atoms with Crippen LogP contribution >= 0.6 is 23.4 Å². The maximum absolute atomic E-state index is 13.7. The van der Waals surface area contributed by atoms with E-state index in [4.69, 9.17) is 17.3 Å². The molecule has 0 aromatic heterocycles. The Hall–Kier alpha value is -1.03. The fourth-order valence-electron chi connectivity index (χ4n) is 1.83. The molecule has 19 heavy (non-hydrogen) atoms. The van der Waals surface area contributed by atoms with Crippen LogP contribution in [-0.2, 0) is 12.2 Å². The molecule has 2 aromatic rings. The van der Waals surface area contributed by atoms with Gasteiger partial charge in [0.25, 0.3) is 0 Å². The Bertz CT molecular complexity index is 560. The minimum absolute atomic E-state index is 0.186. The van der Waals surface area contributed by atoms with Gasteiger partial charge in [0.05, 0.1) is 0 Å². The van der Waals surface area contributed by atoms with Crippen molar-refractivity contribution in [3.8, 4) is 0 Å². The summed E-state index contributed by atoms with van der Waals surface area (Å²) in [5.74, 6) is 0.537. The first kappa shape index (κ1) is 14.4. The van der Waals surface area contributed by atoms with Crippen molar-refractivity contribution in [2.24, 2.45) is 5.73 Å². The van der Waals surface area contributed by atoms with Gasteiger partial charge in [0.15, 0.2) is 0 Å². The number of benzene rings is 2. The van der Waals surface area contributed by atoms with Crippen molar-refractivity contribution >= 4 is 23.4 Å². The van der Waals surface area contributed by atoms with E-state index in [1.807, 2.05) is 30.3 Å². The molecule has 0 aliphatic heterocycles. The van der Waals surface area contributed by atoms with E-state index in [0.29, 0.717) is 18.5 Å². The van der Waals surface area contributed by atoms with Crippen LogP contribution in [0.25, 0.3) is 0 Å². The summed E-state index contributed by atoms with van der Waals surface area (Å²) in [7, 11) is 0. The molecule has 2 rings (SSSR count). The molecule has 0 fully saturated rings. The van der Waals surface area contributed by atoms with Crippen molar-refractivity contribution in [3.63, 3.8) is 0 Å². The van der Waals surface area contributed by atoms with Gasteiger partial charge in [0.2, 0.25) is 0 Å². The highest BCUT2D eigenvalue weighted by atomic mass is 35.5. The van der Waals surface area contributed by atoms with Gasteiger partial charge in [-0.25, -0.2) is 4.39 Å².